The minimum Gasteiger partial charge on any atom is -0.409 e. The van der Waals surface area contributed by atoms with Crippen LogP contribution in [0.4, 0.5) is 0 Å². The van der Waals surface area contributed by atoms with Crippen LogP contribution in [0.3, 0.4) is 0 Å². The molecule has 1 rings (SSSR count). The lowest BCUT2D eigenvalue weighted by atomic mass is 10.1. The Morgan fingerprint density at radius 2 is 1.94 bits per heavy atom. The van der Waals surface area contributed by atoms with Crippen molar-refractivity contribution < 1.29 is 14.7 Å². The lowest BCUT2D eigenvalue weighted by Gasteiger charge is -2.16. The van der Waals surface area contributed by atoms with Crippen LogP contribution in [0.25, 0.3) is 0 Å². The molecule has 6 heteroatoms. The maximum Gasteiger partial charge on any atom is 0.253 e. The molecule has 0 aliphatic rings. The second-order valence-corrected chi connectivity index (χ2v) is 3.78. The molecular weight excluding hydrogens is 234 g/mol. The minimum absolute atomic E-state index is 0.0155. The molecule has 0 aromatic heterocycles. The molecule has 0 radical (unpaired) electrons. The Morgan fingerprint density at radius 3 is 2.44 bits per heavy atom. The molecule has 0 saturated carbocycles. The highest BCUT2D eigenvalue weighted by molar-refractivity contribution is 5.99. The number of ether oxygens (including phenoxy) is 1. The molecule has 0 fully saturated rings. The van der Waals surface area contributed by atoms with Crippen LogP contribution >= 0.6 is 0 Å². The highest BCUT2D eigenvalue weighted by atomic mass is 16.5. The Hall–Kier alpha value is -2.08. The largest absolute Gasteiger partial charge is 0.409 e. The quantitative estimate of drug-likeness (QED) is 0.345. The summed E-state index contributed by atoms with van der Waals surface area (Å²) in [4.78, 5) is 13.5. The number of amidine groups is 1. The summed E-state index contributed by atoms with van der Waals surface area (Å²) in [5.41, 5.74) is 6.54. The van der Waals surface area contributed by atoms with Crippen molar-refractivity contribution >= 4 is 11.7 Å². The van der Waals surface area contributed by atoms with Gasteiger partial charge in [-0.15, -0.1) is 0 Å². The van der Waals surface area contributed by atoms with E-state index in [1.165, 1.54) is 0 Å². The summed E-state index contributed by atoms with van der Waals surface area (Å²) in [5, 5.41) is 11.4. The zero-order chi connectivity index (χ0) is 13.5. The maximum atomic E-state index is 12.0. The Bertz CT molecular complexity index is 429. The molecule has 0 saturated heterocycles. The third kappa shape index (κ3) is 3.46. The van der Waals surface area contributed by atoms with E-state index >= 15 is 0 Å². The maximum absolute atomic E-state index is 12.0. The van der Waals surface area contributed by atoms with E-state index in [1.54, 1.807) is 43.3 Å². The molecule has 0 spiro atoms. The fourth-order valence-corrected chi connectivity index (χ4v) is 1.39. The monoisotopic (exact) mass is 251 g/mol. The number of methoxy groups -OCH3 is 1. The Labute approximate surface area is 106 Å². The first kappa shape index (κ1) is 14.0. The van der Waals surface area contributed by atoms with Crippen molar-refractivity contribution in [2.24, 2.45) is 10.9 Å². The molecule has 0 unspecified atom stereocenters. The fraction of sp³-hybridized carbons (Fsp3) is 0.333. The van der Waals surface area contributed by atoms with Gasteiger partial charge in [0, 0.05) is 31.8 Å². The van der Waals surface area contributed by atoms with Gasteiger partial charge in [-0.2, -0.15) is 0 Å². The number of hydrogen-bond donors (Lipinski definition) is 2. The van der Waals surface area contributed by atoms with Gasteiger partial charge in [-0.3, -0.25) is 4.79 Å². The summed E-state index contributed by atoms with van der Waals surface area (Å²) in [6, 6.07) is 6.54. The number of amides is 1. The molecule has 0 bridgehead atoms. The second kappa shape index (κ2) is 6.61. The summed E-state index contributed by atoms with van der Waals surface area (Å²) >= 11 is 0. The number of hydrogen-bond acceptors (Lipinski definition) is 4. The average Bonchev–Trinajstić information content (AvgIpc) is 2.43. The van der Waals surface area contributed by atoms with E-state index in [1.807, 2.05) is 0 Å². The van der Waals surface area contributed by atoms with Crippen LogP contribution in [-0.2, 0) is 4.74 Å². The number of oxime groups is 1. The van der Waals surface area contributed by atoms with Crippen LogP contribution in [0.1, 0.15) is 15.9 Å². The highest BCUT2D eigenvalue weighted by Gasteiger charge is 2.11. The van der Waals surface area contributed by atoms with Crippen LogP contribution in [0.2, 0.25) is 0 Å². The Kier molecular flexibility index (Phi) is 5.13. The summed E-state index contributed by atoms with van der Waals surface area (Å²) in [6.45, 7) is 1.02. The highest BCUT2D eigenvalue weighted by Crippen LogP contribution is 2.07. The molecule has 98 valence electrons. The number of likely N-dealkylation sites (N-methyl/N-ethyl adjacent to an activating group) is 1. The van der Waals surface area contributed by atoms with Gasteiger partial charge in [0.2, 0.25) is 0 Å². The summed E-state index contributed by atoms with van der Waals surface area (Å²) in [7, 11) is 3.29. The van der Waals surface area contributed by atoms with E-state index in [-0.39, 0.29) is 11.7 Å². The van der Waals surface area contributed by atoms with Crippen molar-refractivity contribution in [3.63, 3.8) is 0 Å². The summed E-state index contributed by atoms with van der Waals surface area (Å²) in [6.07, 6.45) is 0. The average molecular weight is 251 g/mol. The van der Waals surface area contributed by atoms with E-state index in [4.69, 9.17) is 15.7 Å². The zero-order valence-electron chi connectivity index (χ0n) is 10.5. The van der Waals surface area contributed by atoms with E-state index in [9.17, 15) is 4.79 Å². The van der Waals surface area contributed by atoms with Gasteiger partial charge in [0.25, 0.3) is 5.91 Å². The predicted octanol–water partition coefficient (Wildman–Crippen LogP) is 0.500. The molecule has 1 aromatic carbocycles. The van der Waals surface area contributed by atoms with Gasteiger partial charge < -0.3 is 20.6 Å². The van der Waals surface area contributed by atoms with Gasteiger partial charge in [0.05, 0.1) is 6.61 Å². The number of nitrogens with two attached hydrogens (primary N) is 1. The van der Waals surface area contributed by atoms with E-state index in [2.05, 4.69) is 5.16 Å². The molecule has 18 heavy (non-hydrogen) atoms. The van der Waals surface area contributed by atoms with Crippen molar-refractivity contribution in [2.75, 3.05) is 27.3 Å². The Balaban J connectivity index is 2.76. The zero-order valence-corrected chi connectivity index (χ0v) is 10.5. The van der Waals surface area contributed by atoms with Crippen LogP contribution in [0, 0.1) is 0 Å². The summed E-state index contributed by atoms with van der Waals surface area (Å²) in [5.74, 6) is -0.0835. The molecule has 0 atom stereocenters. The number of carbonyl (C=O) groups excluding carboxylic acids is 1. The molecule has 0 aliphatic carbocycles. The molecule has 1 aromatic rings. The van der Waals surface area contributed by atoms with Crippen molar-refractivity contribution in [3.05, 3.63) is 35.4 Å². The number of nitrogens with zero attached hydrogens (tertiary/aromatic N) is 2. The first-order chi connectivity index (χ1) is 8.60. The molecular formula is C12H17N3O3. The SMILES string of the molecule is COCCN(C)C(=O)c1ccc(C(N)=NO)cc1. The van der Waals surface area contributed by atoms with E-state index in [0.717, 1.165) is 0 Å². The van der Waals surface area contributed by atoms with Crippen LogP contribution in [0.5, 0.6) is 0 Å². The molecule has 6 nitrogen and oxygen atoms in total. The van der Waals surface area contributed by atoms with Crippen molar-refractivity contribution in [1.82, 2.24) is 4.90 Å². The van der Waals surface area contributed by atoms with Crippen LogP contribution in [-0.4, -0.2) is 49.2 Å². The van der Waals surface area contributed by atoms with Gasteiger partial charge in [-0.25, -0.2) is 0 Å². The molecule has 3 N–H and O–H groups in total. The fourth-order valence-electron chi connectivity index (χ4n) is 1.39. The number of carbonyl (C=O) groups is 1. The van der Waals surface area contributed by atoms with E-state index < -0.39 is 0 Å². The first-order valence-electron chi connectivity index (χ1n) is 5.42. The third-order valence-electron chi connectivity index (χ3n) is 2.51. The van der Waals surface area contributed by atoms with Crippen molar-refractivity contribution in [2.45, 2.75) is 0 Å². The normalized spacial score (nSPS) is 11.3. The third-order valence-corrected chi connectivity index (χ3v) is 2.51. The summed E-state index contributed by atoms with van der Waals surface area (Å²) < 4.78 is 4.91. The first-order valence-corrected chi connectivity index (χ1v) is 5.42. The van der Waals surface area contributed by atoms with Gasteiger partial charge in [0.1, 0.15) is 0 Å². The smallest absolute Gasteiger partial charge is 0.253 e. The van der Waals surface area contributed by atoms with Gasteiger partial charge >= 0.3 is 0 Å². The standard InChI is InChI=1S/C12H17N3O3/c1-15(7-8-18-2)12(16)10-5-3-9(4-6-10)11(13)14-17/h3-6,17H,7-8H2,1-2H3,(H2,13,14). The molecule has 0 aliphatic heterocycles. The minimum atomic E-state index is -0.0990. The van der Waals surface area contributed by atoms with Crippen molar-refractivity contribution in [3.8, 4) is 0 Å². The second-order valence-electron chi connectivity index (χ2n) is 3.78. The topological polar surface area (TPSA) is 88.2 Å². The predicted molar refractivity (Wildman–Crippen MR) is 67.8 cm³/mol. The number of rotatable bonds is 5. The lowest BCUT2D eigenvalue weighted by Crippen LogP contribution is -2.30. The van der Waals surface area contributed by atoms with Gasteiger partial charge in [-0.1, -0.05) is 17.3 Å². The lowest BCUT2D eigenvalue weighted by molar-refractivity contribution is 0.0744. The number of benzene rings is 1. The Morgan fingerprint density at radius 1 is 1.39 bits per heavy atom. The molecule has 0 heterocycles. The van der Waals surface area contributed by atoms with Gasteiger partial charge in [-0.05, 0) is 12.1 Å². The van der Waals surface area contributed by atoms with Crippen LogP contribution < -0.4 is 5.73 Å². The molecule has 1 amide bonds. The van der Waals surface area contributed by atoms with Crippen LogP contribution in [0.15, 0.2) is 29.4 Å². The van der Waals surface area contributed by atoms with Gasteiger partial charge in [0.15, 0.2) is 5.84 Å². The van der Waals surface area contributed by atoms with E-state index in [0.29, 0.717) is 24.3 Å². The van der Waals surface area contributed by atoms with Crippen molar-refractivity contribution in [1.29, 1.82) is 0 Å².